The molecule has 0 atom stereocenters. The Labute approximate surface area is 122 Å². The molecule has 0 amide bonds. The lowest BCUT2D eigenvalue weighted by Gasteiger charge is -2.06. The minimum Gasteiger partial charge on any atom is -0.494 e. The van der Waals surface area contributed by atoms with Crippen molar-refractivity contribution in [2.45, 2.75) is 33.1 Å². The van der Waals surface area contributed by atoms with Gasteiger partial charge in [-0.3, -0.25) is 5.10 Å². The second-order valence-corrected chi connectivity index (χ2v) is 5.59. The lowest BCUT2D eigenvalue weighted by molar-refractivity contribution is 0.307. The number of aryl methyl sites for hydroxylation is 2. The molecular weight excluding hydrogens is 304 g/mol. The van der Waals surface area contributed by atoms with E-state index in [0.29, 0.717) is 0 Å². The van der Waals surface area contributed by atoms with Crippen LogP contribution >= 0.6 is 15.9 Å². The average Bonchev–Trinajstić information content (AvgIpc) is 2.72. The number of unbranched alkanes of at least 4 members (excludes halogenated alkanes) is 1. The maximum absolute atomic E-state index is 5.70. The number of aromatic amines is 1. The summed E-state index contributed by atoms with van der Waals surface area (Å²) in [5.74, 6) is 0.930. The van der Waals surface area contributed by atoms with E-state index >= 15 is 0 Å². The van der Waals surface area contributed by atoms with Crippen molar-refractivity contribution >= 4 is 15.9 Å². The first kappa shape index (κ1) is 14.1. The molecule has 0 spiro atoms. The van der Waals surface area contributed by atoms with Crippen LogP contribution in [0.15, 0.2) is 28.7 Å². The van der Waals surface area contributed by atoms with E-state index in [1.54, 1.807) is 0 Å². The lowest BCUT2D eigenvalue weighted by Crippen LogP contribution is -1.99. The summed E-state index contributed by atoms with van der Waals surface area (Å²) in [7, 11) is 0. The van der Waals surface area contributed by atoms with Crippen molar-refractivity contribution in [3.05, 3.63) is 45.7 Å². The van der Waals surface area contributed by atoms with Gasteiger partial charge in [-0.1, -0.05) is 15.9 Å². The van der Waals surface area contributed by atoms with E-state index < -0.39 is 0 Å². The summed E-state index contributed by atoms with van der Waals surface area (Å²) in [4.78, 5) is 0. The van der Waals surface area contributed by atoms with Crippen molar-refractivity contribution in [1.29, 1.82) is 0 Å². The number of hydrogen-bond acceptors (Lipinski definition) is 2. The van der Waals surface area contributed by atoms with Crippen LogP contribution in [-0.4, -0.2) is 16.8 Å². The number of nitrogens with zero attached hydrogens (tertiary/aromatic N) is 1. The number of aromatic nitrogens is 2. The third kappa shape index (κ3) is 4.10. The Morgan fingerprint density at radius 1 is 1.16 bits per heavy atom. The highest BCUT2D eigenvalue weighted by atomic mass is 79.9. The van der Waals surface area contributed by atoms with Gasteiger partial charge in [0.1, 0.15) is 5.75 Å². The number of halogens is 1. The van der Waals surface area contributed by atoms with Gasteiger partial charge in [0.2, 0.25) is 0 Å². The zero-order valence-electron chi connectivity index (χ0n) is 11.4. The van der Waals surface area contributed by atoms with Crippen LogP contribution in [-0.2, 0) is 6.42 Å². The molecule has 1 aromatic heterocycles. The third-order valence-corrected chi connectivity index (χ3v) is 3.71. The highest BCUT2D eigenvalue weighted by molar-refractivity contribution is 9.10. The van der Waals surface area contributed by atoms with Gasteiger partial charge >= 0.3 is 0 Å². The maximum atomic E-state index is 5.70. The molecule has 1 N–H and O–H groups in total. The van der Waals surface area contributed by atoms with Crippen molar-refractivity contribution in [3.8, 4) is 5.75 Å². The Kier molecular flexibility index (Phi) is 5.02. The molecule has 0 aliphatic carbocycles. The molecule has 2 rings (SSSR count). The van der Waals surface area contributed by atoms with E-state index in [-0.39, 0.29) is 0 Å². The standard InChI is InChI=1S/C15H19BrN2O/c1-11-15(12(2)18-17-11)5-3-4-10-19-14-8-6-13(16)7-9-14/h6-9H,3-5,10H2,1-2H3,(H,17,18). The maximum Gasteiger partial charge on any atom is 0.119 e. The first-order chi connectivity index (χ1) is 9.16. The number of hydrogen-bond donors (Lipinski definition) is 1. The normalized spacial score (nSPS) is 10.7. The lowest BCUT2D eigenvalue weighted by atomic mass is 10.1. The molecule has 1 aromatic carbocycles. The molecule has 102 valence electrons. The predicted octanol–water partition coefficient (Wildman–Crippen LogP) is 4.19. The van der Waals surface area contributed by atoms with Gasteiger partial charge in [-0.15, -0.1) is 0 Å². The average molecular weight is 323 g/mol. The third-order valence-electron chi connectivity index (χ3n) is 3.18. The van der Waals surface area contributed by atoms with Crippen LogP contribution in [0.4, 0.5) is 0 Å². The first-order valence-electron chi connectivity index (χ1n) is 6.55. The van der Waals surface area contributed by atoms with Gasteiger partial charge in [0.25, 0.3) is 0 Å². The van der Waals surface area contributed by atoms with E-state index in [4.69, 9.17) is 4.74 Å². The molecule has 19 heavy (non-hydrogen) atoms. The summed E-state index contributed by atoms with van der Waals surface area (Å²) in [5.41, 5.74) is 3.65. The van der Waals surface area contributed by atoms with Crippen molar-refractivity contribution in [1.82, 2.24) is 10.2 Å². The van der Waals surface area contributed by atoms with Gasteiger partial charge in [-0.2, -0.15) is 5.10 Å². The smallest absolute Gasteiger partial charge is 0.119 e. The molecule has 0 radical (unpaired) electrons. The molecule has 0 aliphatic heterocycles. The molecule has 4 heteroatoms. The molecule has 0 bridgehead atoms. The van der Waals surface area contributed by atoms with Gasteiger partial charge in [-0.25, -0.2) is 0 Å². The molecule has 0 saturated carbocycles. The highest BCUT2D eigenvalue weighted by Crippen LogP contribution is 2.17. The molecular formula is C15H19BrN2O. The fourth-order valence-corrected chi connectivity index (χ4v) is 2.33. The van der Waals surface area contributed by atoms with Crippen LogP contribution in [0, 0.1) is 13.8 Å². The Morgan fingerprint density at radius 2 is 1.89 bits per heavy atom. The zero-order chi connectivity index (χ0) is 13.7. The van der Waals surface area contributed by atoms with Crippen LogP contribution in [0.5, 0.6) is 5.75 Å². The quantitative estimate of drug-likeness (QED) is 0.810. The van der Waals surface area contributed by atoms with Crippen LogP contribution in [0.25, 0.3) is 0 Å². The fraction of sp³-hybridized carbons (Fsp3) is 0.400. The summed E-state index contributed by atoms with van der Waals surface area (Å²) < 4.78 is 6.77. The largest absolute Gasteiger partial charge is 0.494 e. The summed E-state index contributed by atoms with van der Waals surface area (Å²) in [6, 6.07) is 7.95. The number of H-pyrrole nitrogens is 1. The van der Waals surface area contributed by atoms with E-state index in [0.717, 1.165) is 41.8 Å². The minimum absolute atomic E-state index is 0.761. The Bertz CT molecular complexity index is 500. The Hall–Kier alpha value is -1.29. The van der Waals surface area contributed by atoms with E-state index in [1.165, 1.54) is 11.3 Å². The van der Waals surface area contributed by atoms with Crippen LogP contribution < -0.4 is 4.74 Å². The molecule has 0 unspecified atom stereocenters. The van der Waals surface area contributed by atoms with Gasteiger partial charge < -0.3 is 4.74 Å². The van der Waals surface area contributed by atoms with Crippen LogP contribution in [0.3, 0.4) is 0 Å². The summed E-state index contributed by atoms with van der Waals surface area (Å²) in [6.45, 7) is 4.89. The van der Waals surface area contributed by atoms with E-state index in [9.17, 15) is 0 Å². The van der Waals surface area contributed by atoms with Crippen molar-refractivity contribution in [3.63, 3.8) is 0 Å². The zero-order valence-corrected chi connectivity index (χ0v) is 13.0. The molecule has 0 aliphatic rings. The van der Waals surface area contributed by atoms with Crippen LogP contribution in [0.1, 0.15) is 29.8 Å². The minimum atomic E-state index is 0.761. The van der Waals surface area contributed by atoms with E-state index in [1.807, 2.05) is 24.3 Å². The Morgan fingerprint density at radius 3 is 2.53 bits per heavy atom. The second kappa shape index (κ2) is 6.75. The summed E-state index contributed by atoms with van der Waals surface area (Å²) in [5, 5.41) is 7.23. The molecule has 2 aromatic rings. The van der Waals surface area contributed by atoms with Crippen LogP contribution in [0.2, 0.25) is 0 Å². The van der Waals surface area contributed by atoms with E-state index in [2.05, 4.69) is 40.0 Å². The summed E-state index contributed by atoms with van der Waals surface area (Å²) >= 11 is 3.41. The van der Waals surface area contributed by atoms with Gasteiger partial charge in [0.05, 0.1) is 12.3 Å². The SMILES string of the molecule is Cc1n[nH]c(C)c1CCCCOc1ccc(Br)cc1. The summed E-state index contributed by atoms with van der Waals surface area (Å²) in [6.07, 6.45) is 3.25. The molecule has 0 fully saturated rings. The molecule has 1 heterocycles. The first-order valence-corrected chi connectivity index (χ1v) is 7.35. The molecule has 0 saturated heterocycles. The van der Waals surface area contributed by atoms with Gasteiger partial charge in [-0.05, 0) is 62.9 Å². The van der Waals surface area contributed by atoms with Crippen molar-refractivity contribution < 1.29 is 4.74 Å². The monoisotopic (exact) mass is 322 g/mol. The fourth-order valence-electron chi connectivity index (χ4n) is 2.07. The van der Waals surface area contributed by atoms with Gasteiger partial charge in [0, 0.05) is 10.2 Å². The van der Waals surface area contributed by atoms with Crippen molar-refractivity contribution in [2.24, 2.45) is 0 Å². The number of rotatable bonds is 6. The number of benzene rings is 1. The second-order valence-electron chi connectivity index (χ2n) is 4.67. The topological polar surface area (TPSA) is 37.9 Å². The van der Waals surface area contributed by atoms with Crippen molar-refractivity contribution in [2.75, 3.05) is 6.61 Å². The Balaban J connectivity index is 1.69. The predicted molar refractivity (Wildman–Crippen MR) is 80.6 cm³/mol. The number of ether oxygens (including phenoxy) is 1. The van der Waals surface area contributed by atoms with Gasteiger partial charge in [0.15, 0.2) is 0 Å². The number of nitrogens with one attached hydrogen (secondary N) is 1. The highest BCUT2D eigenvalue weighted by Gasteiger charge is 2.05. The molecule has 3 nitrogen and oxygen atoms in total.